The third-order valence-electron chi connectivity index (χ3n) is 4.00. The molecule has 0 bridgehead atoms. The Kier molecular flexibility index (Phi) is 4.76. The van der Waals surface area contributed by atoms with E-state index in [0.717, 1.165) is 4.57 Å². The maximum atomic E-state index is 13.4. The summed E-state index contributed by atoms with van der Waals surface area (Å²) in [6.07, 6.45) is -4.57. The SMILES string of the molecule is Fc1ccc(OCc2nc(Cn3c(C(F)(F)F)nc4ccccc43)cs2)cc1. The second-order valence-electron chi connectivity index (χ2n) is 5.98. The minimum atomic E-state index is -4.57. The summed E-state index contributed by atoms with van der Waals surface area (Å²) in [7, 11) is 0. The van der Waals surface area contributed by atoms with Crippen LogP contribution in [0.1, 0.15) is 16.5 Å². The first kappa shape index (κ1) is 18.4. The van der Waals surface area contributed by atoms with Crippen LogP contribution in [0.25, 0.3) is 11.0 Å². The third kappa shape index (κ3) is 3.84. The van der Waals surface area contributed by atoms with Crippen LogP contribution in [0.15, 0.2) is 53.9 Å². The lowest BCUT2D eigenvalue weighted by Crippen LogP contribution is -2.15. The summed E-state index contributed by atoms with van der Waals surface area (Å²) >= 11 is 1.29. The first-order valence-corrected chi connectivity index (χ1v) is 9.12. The number of halogens is 4. The maximum Gasteiger partial charge on any atom is 0.449 e. The van der Waals surface area contributed by atoms with Gasteiger partial charge in [0.1, 0.15) is 23.2 Å². The van der Waals surface area contributed by atoms with E-state index in [9.17, 15) is 17.6 Å². The molecule has 0 aliphatic rings. The highest BCUT2D eigenvalue weighted by atomic mass is 32.1. The Labute approximate surface area is 161 Å². The molecule has 4 nitrogen and oxygen atoms in total. The number of hydrogen-bond acceptors (Lipinski definition) is 4. The molecule has 2 heterocycles. The molecule has 0 saturated heterocycles. The number of fused-ring (bicyclic) bond motifs is 1. The van der Waals surface area contributed by atoms with Crippen LogP contribution in [0.2, 0.25) is 0 Å². The third-order valence-corrected chi connectivity index (χ3v) is 4.87. The van der Waals surface area contributed by atoms with E-state index >= 15 is 0 Å². The summed E-state index contributed by atoms with van der Waals surface area (Å²) < 4.78 is 59.7. The van der Waals surface area contributed by atoms with E-state index in [4.69, 9.17) is 4.74 Å². The average Bonchev–Trinajstić information content (AvgIpc) is 3.26. The zero-order valence-electron chi connectivity index (χ0n) is 14.3. The van der Waals surface area contributed by atoms with Crippen molar-refractivity contribution >= 4 is 22.4 Å². The number of nitrogens with zero attached hydrogens (tertiary/aromatic N) is 3. The van der Waals surface area contributed by atoms with Gasteiger partial charge >= 0.3 is 6.18 Å². The van der Waals surface area contributed by atoms with Crippen molar-refractivity contribution in [3.05, 3.63) is 76.3 Å². The van der Waals surface area contributed by atoms with Gasteiger partial charge in [0.25, 0.3) is 0 Å². The molecular formula is C19H13F4N3OS. The van der Waals surface area contributed by atoms with Crippen molar-refractivity contribution in [3.63, 3.8) is 0 Å². The lowest BCUT2D eigenvalue weighted by Gasteiger charge is -2.10. The molecule has 0 spiro atoms. The molecule has 0 atom stereocenters. The van der Waals surface area contributed by atoms with Gasteiger partial charge in [-0.3, -0.25) is 0 Å². The Bertz CT molecular complexity index is 1100. The van der Waals surface area contributed by atoms with Crippen molar-refractivity contribution in [2.24, 2.45) is 0 Å². The van der Waals surface area contributed by atoms with E-state index in [1.54, 1.807) is 29.6 Å². The van der Waals surface area contributed by atoms with Gasteiger partial charge in [-0.1, -0.05) is 12.1 Å². The van der Waals surface area contributed by atoms with Gasteiger partial charge in [0.05, 0.1) is 23.3 Å². The molecule has 0 fully saturated rings. The Balaban J connectivity index is 1.55. The summed E-state index contributed by atoms with van der Waals surface area (Å²) in [5.74, 6) is -0.833. The fourth-order valence-electron chi connectivity index (χ4n) is 2.78. The Morgan fingerprint density at radius 1 is 1.00 bits per heavy atom. The zero-order chi connectivity index (χ0) is 19.7. The van der Waals surface area contributed by atoms with Crippen LogP contribution in [-0.2, 0) is 19.3 Å². The summed E-state index contributed by atoms with van der Waals surface area (Å²) in [4.78, 5) is 8.08. The van der Waals surface area contributed by atoms with E-state index in [0.29, 0.717) is 22.0 Å². The smallest absolute Gasteiger partial charge is 0.449 e. The van der Waals surface area contributed by atoms with Crippen molar-refractivity contribution < 1.29 is 22.3 Å². The van der Waals surface area contributed by atoms with Crippen molar-refractivity contribution in [2.75, 3.05) is 0 Å². The number of imidazole rings is 1. The normalized spacial score (nSPS) is 11.9. The molecule has 0 radical (unpaired) electrons. The monoisotopic (exact) mass is 407 g/mol. The second kappa shape index (κ2) is 7.23. The number of rotatable bonds is 5. The number of aromatic nitrogens is 3. The Morgan fingerprint density at radius 2 is 1.75 bits per heavy atom. The minimum Gasteiger partial charge on any atom is -0.486 e. The highest BCUT2D eigenvalue weighted by Crippen LogP contribution is 2.32. The summed E-state index contributed by atoms with van der Waals surface area (Å²) in [5.41, 5.74) is 1.16. The van der Waals surface area contributed by atoms with Crippen LogP contribution in [0, 0.1) is 5.82 Å². The van der Waals surface area contributed by atoms with Gasteiger partial charge in [0, 0.05) is 5.38 Å². The van der Waals surface area contributed by atoms with Crippen LogP contribution in [-0.4, -0.2) is 14.5 Å². The molecule has 0 aliphatic carbocycles. The number of thiazole rings is 1. The molecule has 0 N–H and O–H groups in total. The molecule has 2 aromatic heterocycles. The predicted octanol–water partition coefficient (Wildman–Crippen LogP) is 5.28. The van der Waals surface area contributed by atoms with Crippen molar-refractivity contribution in [3.8, 4) is 5.75 Å². The number of ether oxygens (including phenoxy) is 1. The molecule has 28 heavy (non-hydrogen) atoms. The first-order valence-electron chi connectivity index (χ1n) is 8.24. The van der Waals surface area contributed by atoms with E-state index in [1.165, 1.54) is 35.6 Å². The predicted molar refractivity (Wildman–Crippen MR) is 96.7 cm³/mol. The number of alkyl halides is 3. The number of benzene rings is 2. The van der Waals surface area contributed by atoms with E-state index in [2.05, 4.69) is 9.97 Å². The van der Waals surface area contributed by atoms with Crippen LogP contribution in [0.3, 0.4) is 0 Å². The van der Waals surface area contributed by atoms with Gasteiger partial charge < -0.3 is 9.30 Å². The zero-order valence-corrected chi connectivity index (χ0v) is 15.1. The molecule has 0 aliphatic heterocycles. The first-order chi connectivity index (χ1) is 13.4. The van der Waals surface area contributed by atoms with Crippen molar-refractivity contribution in [2.45, 2.75) is 19.3 Å². The van der Waals surface area contributed by atoms with Gasteiger partial charge in [0.15, 0.2) is 0 Å². The fraction of sp³-hybridized carbons (Fsp3) is 0.158. The molecule has 0 amide bonds. The molecule has 0 saturated carbocycles. The van der Waals surface area contributed by atoms with Crippen LogP contribution < -0.4 is 4.74 Å². The second-order valence-corrected chi connectivity index (χ2v) is 6.93. The molecular weight excluding hydrogens is 394 g/mol. The average molecular weight is 407 g/mol. The highest BCUT2D eigenvalue weighted by Gasteiger charge is 2.37. The van der Waals surface area contributed by atoms with Crippen molar-refractivity contribution in [1.82, 2.24) is 14.5 Å². The highest BCUT2D eigenvalue weighted by molar-refractivity contribution is 7.09. The molecule has 4 rings (SSSR count). The lowest BCUT2D eigenvalue weighted by atomic mass is 10.3. The number of para-hydroxylation sites is 2. The van der Waals surface area contributed by atoms with Gasteiger partial charge in [-0.25, -0.2) is 14.4 Å². The van der Waals surface area contributed by atoms with Crippen LogP contribution >= 0.6 is 11.3 Å². The Morgan fingerprint density at radius 3 is 2.50 bits per heavy atom. The molecule has 0 unspecified atom stereocenters. The minimum absolute atomic E-state index is 0.0532. The fourth-order valence-corrected chi connectivity index (χ4v) is 3.47. The topological polar surface area (TPSA) is 39.9 Å². The Hall–Kier alpha value is -2.94. The molecule has 4 aromatic rings. The summed E-state index contributed by atoms with van der Waals surface area (Å²) in [5, 5.41) is 2.30. The standard InChI is InChI=1S/C19H13F4N3OS/c20-12-5-7-14(8-6-12)27-10-17-24-13(11-28-17)9-26-16-4-2-1-3-15(16)25-18(26)19(21,22)23/h1-8,11H,9-10H2. The molecule has 144 valence electrons. The summed E-state index contributed by atoms with van der Waals surface area (Å²) in [6, 6.07) is 12.0. The van der Waals surface area contributed by atoms with E-state index in [1.807, 2.05) is 0 Å². The van der Waals surface area contributed by atoms with E-state index in [-0.39, 0.29) is 24.5 Å². The van der Waals surface area contributed by atoms with Crippen LogP contribution in [0.5, 0.6) is 5.75 Å². The maximum absolute atomic E-state index is 13.4. The quantitative estimate of drug-likeness (QED) is 0.423. The largest absolute Gasteiger partial charge is 0.486 e. The van der Waals surface area contributed by atoms with Crippen LogP contribution in [0.4, 0.5) is 17.6 Å². The summed E-state index contributed by atoms with van der Waals surface area (Å²) in [6.45, 7) is 0.0928. The number of hydrogen-bond donors (Lipinski definition) is 0. The van der Waals surface area contributed by atoms with Gasteiger partial charge in [0.2, 0.25) is 5.82 Å². The van der Waals surface area contributed by atoms with Gasteiger partial charge in [-0.2, -0.15) is 13.2 Å². The van der Waals surface area contributed by atoms with Crippen molar-refractivity contribution in [1.29, 1.82) is 0 Å². The molecule has 9 heteroatoms. The van der Waals surface area contributed by atoms with Gasteiger partial charge in [-0.05, 0) is 36.4 Å². The van der Waals surface area contributed by atoms with Gasteiger partial charge in [-0.15, -0.1) is 11.3 Å². The van der Waals surface area contributed by atoms with E-state index < -0.39 is 12.0 Å². The lowest BCUT2D eigenvalue weighted by molar-refractivity contribution is -0.146. The molecule has 2 aromatic carbocycles.